The Bertz CT molecular complexity index is 467. The molecule has 0 radical (unpaired) electrons. The number of benzene rings is 1. The van der Waals surface area contributed by atoms with Gasteiger partial charge in [-0.3, -0.25) is 4.90 Å². The van der Waals surface area contributed by atoms with Gasteiger partial charge in [0.2, 0.25) is 0 Å². The summed E-state index contributed by atoms with van der Waals surface area (Å²) in [5.74, 6) is -1.84. The highest BCUT2D eigenvalue weighted by Crippen LogP contribution is 2.15. The van der Waals surface area contributed by atoms with E-state index in [0.717, 1.165) is 6.07 Å². The second kappa shape index (κ2) is 6.69. The number of hydrogen-bond acceptors (Lipinski definition) is 3. The summed E-state index contributed by atoms with van der Waals surface area (Å²) in [5, 5.41) is 19.7. The number of aliphatic hydroxyl groups excluding tert-OH is 1. The molecule has 0 bridgehead atoms. The molecular weight excluding hydrogens is 255 g/mol. The van der Waals surface area contributed by atoms with Crippen LogP contribution in [0.3, 0.4) is 0 Å². The second-order valence-corrected chi connectivity index (χ2v) is 3.75. The Balaban J connectivity index is 2.85. The third kappa shape index (κ3) is 3.92. The molecule has 0 fully saturated rings. The van der Waals surface area contributed by atoms with E-state index in [2.05, 4.69) is 5.32 Å². The molecule has 0 spiro atoms. The highest BCUT2D eigenvalue weighted by Gasteiger charge is 2.22. The third-order valence-corrected chi connectivity index (χ3v) is 2.46. The highest BCUT2D eigenvalue weighted by molar-refractivity contribution is 5.94. The number of carbonyl (C=O) groups excluding carboxylic acids is 1. The lowest BCUT2D eigenvalue weighted by Gasteiger charge is -2.23. The van der Waals surface area contributed by atoms with E-state index in [9.17, 15) is 14.0 Å². The molecule has 0 aliphatic rings. The standard InChI is InChI=1S/C12H15FN2O4/c1-2-15(9-5-3-4-8(13)6-9)12(19)14-10(7-16)11(17)18/h3-6,10,16H,2,7H2,1H3,(H,14,19)(H,17,18)/t10-/m1/s1. The predicted octanol–water partition coefficient (Wildman–Crippen LogP) is 0.807. The number of nitrogens with zero attached hydrogens (tertiary/aromatic N) is 1. The fourth-order valence-corrected chi connectivity index (χ4v) is 1.50. The van der Waals surface area contributed by atoms with Gasteiger partial charge in [-0.2, -0.15) is 0 Å². The first-order valence-electron chi connectivity index (χ1n) is 5.66. The van der Waals surface area contributed by atoms with E-state index in [4.69, 9.17) is 10.2 Å². The van der Waals surface area contributed by atoms with Crippen LogP contribution >= 0.6 is 0 Å². The van der Waals surface area contributed by atoms with Crippen molar-refractivity contribution in [1.29, 1.82) is 0 Å². The van der Waals surface area contributed by atoms with Crippen molar-refractivity contribution in [3.63, 3.8) is 0 Å². The van der Waals surface area contributed by atoms with Gasteiger partial charge in [-0.05, 0) is 25.1 Å². The Morgan fingerprint density at radius 2 is 2.16 bits per heavy atom. The molecule has 1 rings (SSSR count). The molecule has 0 saturated heterocycles. The normalized spacial score (nSPS) is 11.7. The summed E-state index contributed by atoms with van der Waals surface area (Å²) in [4.78, 5) is 23.8. The largest absolute Gasteiger partial charge is 0.480 e. The lowest BCUT2D eigenvalue weighted by atomic mass is 10.2. The van der Waals surface area contributed by atoms with Crippen LogP contribution in [0.4, 0.5) is 14.9 Å². The van der Waals surface area contributed by atoms with Gasteiger partial charge in [-0.15, -0.1) is 0 Å². The number of urea groups is 1. The third-order valence-electron chi connectivity index (χ3n) is 2.46. The zero-order valence-corrected chi connectivity index (χ0v) is 10.3. The van der Waals surface area contributed by atoms with Crippen molar-refractivity contribution in [1.82, 2.24) is 5.32 Å². The lowest BCUT2D eigenvalue weighted by molar-refractivity contribution is -0.140. The summed E-state index contributed by atoms with van der Waals surface area (Å²) in [7, 11) is 0. The van der Waals surface area contributed by atoms with Gasteiger partial charge in [0, 0.05) is 12.2 Å². The number of aliphatic hydroxyl groups is 1. The molecule has 1 aromatic carbocycles. The van der Waals surface area contributed by atoms with E-state index in [-0.39, 0.29) is 6.54 Å². The van der Waals surface area contributed by atoms with E-state index >= 15 is 0 Å². The van der Waals surface area contributed by atoms with E-state index < -0.39 is 30.5 Å². The molecule has 0 unspecified atom stereocenters. The maximum atomic E-state index is 13.1. The molecule has 3 N–H and O–H groups in total. The minimum atomic E-state index is -1.39. The van der Waals surface area contributed by atoms with Gasteiger partial charge >= 0.3 is 12.0 Å². The van der Waals surface area contributed by atoms with Gasteiger partial charge in [-0.1, -0.05) is 6.07 Å². The Hall–Kier alpha value is -2.15. The van der Waals surface area contributed by atoms with Crippen LogP contribution in [0.5, 0.6) is 0 Å². The van der Waals surface area contributed by atoms with E-state index in [0.29, 0.717) is 5.69 Å². The zero-order chi connectivity index (χ0) is 14.4. The van der Waals surface area contributed by atoms with Crippen LogP contribution in [0.1, 0.15) is 6.92 Å². The molecule has 2 amide bonds. The number of amides is 2. The molecule has 19 heavy (non-hydrogen) atoms. The fraction of sp³-hybridized carbons (Fsp3) is 0.333. The number of hydrogen-bond donors (Lipinski definition) is 3. The summed E-state index contributed by atoms with van der Waals surface area (Å²) < 4.78 is 13.1. The summed E-state index contributed by atoms with van der Waals surface area (Å²) in [6, 6.07) is 3.27. The number of carboxylic acids is 1. The van der Waals surface area contributed by atoms with Gasteiger partial charge in [0.15, 0.2) is 6.04 Å². The van der Waals surface area contributed by atoms with Crippen LogP contribution in [0.25, 0.3) is 0 Å². The van der Waals surface area contributed by atoms with Crippen molar-refractivity contribution in [2.45, 2.75) is 13.0 Å². The van der Waals surface area contributed by atoms with Crippen molar-refractivity contribution in [2.75, 3.05) is 18.1 Å². The summed E-state index contributed by atoms with van der Waals surface area (Å²) in [5.41, 5.74) is 0.307. The Labute approximate surface area is 109 Å². The maximum Gasteiger partial charge on any atom is 0.328 e. The first-order chi connectivity index (χ1) is 8.99. The Kier molecular flexibility index (Phi) is 5.25. The monoisotopic (exact) mass is 270 g/mol. The Morgan fingerprint density at radius 1 is 1.47 bits per heavy atom. The number of anilines is 1. The molecule has 104 valence electrons. The smallest absolute Gasteiger partial charge is 0.328 e. The number of carboxylic acid groups (broad SMARTS) is 1. The minimum absolute atomic E-state index is 0.229. The van der Waals surface area contributed by atoms with Crippen LogP contribution < -0.4 is 10.2 Å². The minimum Gasteiger partial charge on any atom is -0.480 e. The van der Waals surface area contributed by atoms with Crippen molar-refractivity contribution < 1.29 is 24.2 Å². The van der Waals surface area contributed by atoms with E-state index in [1.54, 1.807) is 6.92 Å². The van der Waals surface area contributed by atoms with Gasteiger partial charge in [0.25, 0.3) is 0 Å². The zero-order valence-electron chi connectivity index (χ0n) is 10.3. The Morgan fingerprint density at radius 3 is 2.63 bits per heavy atom. The number of halogens is 1. The highest BCUT2D eigenvalue weighted by atomic mass is 19.1. The number of rotatable bonds is 5. The quantitative estimate of drug-likeness (QED) is 0.738. The van der Waals surface area contributed by atoms with E-state index in [1.165, 1.54) is 23.1 Å². The molecule has 7 heteroatoms. The van der Waals surface area contributed by atoms with Crippen molar-refractivity contribution in [3.05, 3.63) is 30.1 Å². The molecular formula is C12H15FN2O4. The molecule has 6 nitrogen and oxygen atoms in total. The van der Waals surface area contributed by atoms with Gasteiger partial charge in [-0.25, -0.2) is 14.0 Å². The molecule has 0 heterocycles. The topological polar surface area (TPSA) is 89.9 Å². The summed E-state index contributed by atoms with van der Waals surface area (Å²) in [6.07, 6.45) is 0. The molecule has 0 aliphatic heterocycles. The van der Waals surface area contributed by atoms with Gasteiger partial charge in [0.1, 0.15) is 5.82 Å². The van der Waals surface area contributed by atoms with Gasteiger partial charge in [0.05, 0.1) is 6.61 Å². The summed E-state index contributed by atoms with van der Waals surface area (Å²) in [6.45, 7) is 1.17. The molecule has 0 aliphatic carbocycles. The maximum absolute atomic E-state index is 13.1. The van der Waals surface area contributed by atoms with Crippen molar-refractivity contribution in [3.8, 4) is 0 Å². The molecule has 1 atom stereocenters. The first kappa shape index (κ1) is 14.9. The first-order valence-corrected chi connectivity index (χ1v) is 5.66. The van der Waals surface area contributed by atoms with Crippen LogP contribution in [0.15, 0.2) is 24.3 Å². The second-order valence-electron chi connectivity index (χ2n) is 3.75. The van der Waals surface area contributed by atoms with Crippen molar-refractivity contribution >= 4 is 17.7 Å². The van der Waals surface area contributed by atoms with Crippen LogP contribution in [-0.2, 0) is 4.79 Å². The van der Waals surface area contributed by atoms with E-state index in [1.807, 2.05) is 0 Å². The molecule has 1 aromatic rings. The number of carbonyl (C=O) groups is 2. The van der Waals surface area contributed by atoms with Gasteiger partial charge < -0.3 is 15.5 Å². The fourth-order valence-electron chi connectivity index (χ4n) is 1.50. The lowest BCUT2D eigenvalue weighted by Crippen LogP contribution is -2.49. The summed E-state index contributed by atoms with van der Waals surface area (Å²) >= 11 is 0. The SMILES string of the molecule is CCN(C(=O)N[C@H](CO)C(=O)O)c1cccc(F)c1. The number of aliphatic carboxylic acids is 1. The van der Waals surface area contributed by atoms with Crippen LogP contribution in [-0.4, -0.2) is 41.4 Å². The van der Waals surface area contributed by atoms with Crippen LogP contribution in [0, 0.1) is 5.82 Å². The number of nitrogens with one attached hydrogen (secondary N) is 1. The molecule has 0 aromatic heterocycles. The van der Waals surface area contributed by atoms with Crippen LogP contribution in [0.2, 0.25) is 0 Å². The predicted molar refractivity (Wildman–Crippen MR) is 66.5 cm³/mol. The van der Waals surface area contributed by atoms with Crippen molar-refractivity contribution in [2.24, 2.45) is 0 Å². The average molecular weight is 270 g/mol. The molecule has 0 saturated carbocycles. The average Bonchev–Trinajstić information content (AvgIpc) is 2.36.